The van der Waals surface area contributed by atoms with Gasteiger partial charge in [0, 0.05) is 23.4 Å². The van der Waals surface area contributed by atoms with Gasteiger partial charge in [0.15, 0.2) is 0 Å². The van der Waals surface area contributed by atoms with Gasteiger partial charge in [-0.15, -0.1) is 0 Å². The summed E-state index contributed by atoms with van der Waals surface area (Å²) in [5, 5.41) is 9.52. The molecule has 2 aromatic heterocycles. The van der Waals surface area contributed by atoms with Gasteiger partial charge in [-0.25, -0.2) is 4.98 Å². The van der Waals surface area contributed by atoms with E-state index >= 15 is 0 Å². The molecular formula is C22H26N6O3. The number of benzene rings is 1. The lowest BCUT2D eigenvalue weighted by atomic mass is 10.1. The van der Waals surface area contributed by atoms with Crippen LogP contribution < -0.4 is 16.2 Å². The lowest BCUT2D eigenvalue weighted by Gasteiger charge is -2.14. The number of hydrogen-bond acceptors (Lipinski definition) is 5. The fourth-order valence-electron chi connectivity index (χ4n) is 3.04. The summed E-state index contributed by atoms with van der Waals surface area (Å²) < 4.78 is 1.30. The Morgan fingerprint density at radius 3 is 2.52 bits per heavy atom. The van der Waals surface area contributed by atoms with Crippen LogP contribution >= 0.6 is 0 Å². The minimum atomic E-state index is -0.820. The molecule has 0 saturated heterocycles. The maximum absolute atomic E-state index is 12.4. The number of nitrogens with one attached hydrogen (secondary N) is 3. The average Bonchev–Trinajstić information content (AvgIpc) is 3.10. The molecular weight excluding hydrogens is 396 g/mol. The first-order chi connectivity index (χ1) is 14.7. The summed E-state index contributed by atoms with van der Waals surface area (Å²) in [5.41, 5.74) is 2.52. The van der Waals surface area contributed by atoms with E-state index in [1.165, 1.54) is 10.2 Å². The van der Waals surface area contributed by atoms with Crippen LogP contribution in [0.1, 0.15) is 35.9 Å². The third-order valence-corrected chi connectivity index (χ3v) is 4.95. The minimum absolute atomic E-state index is 0.160. The Labute approximate surface area is 179 Å². The second-order valence-electron chi connectivity index (χ2n) is 7.54. The molecule has 31 heavy (non-hydrogen) atoms. The molecule has 1 atom stereocenters. The van der Waals surface area contributed by atoms with E-state index in [9.17, 15) is 14.4 Å². The largest absolute Gasteiger partial charge is 0.345 e. The Balaban J connectivity index is 1.66. The fraction of sp³-hybridized carbons (Fsp3) is 0.318. The highest BCUT2D eigenvalue weighted by molar-refractivity contribution is 6.39. The van der Waals surface area contributed by atoms with Gasteiger partial charge in [0.2, 0.25) is 5.95 Å². The molecule has 0 aliphatic rings. The van der Waals surface area contributed by atoms with Gasteiger partial charge in [0.25, 0.3) is 5.56 Å². The molecule has 2 amide bonds. The van der Waals surface area contributed by atoms with Crippen molar-refractivity contribution < 1.29 is 9.59 Å². The number of nitrogens with zero attached hydrogens (tertiary/aromatic N) is 3. The zero-order valence-electron chi connectivity index (χ0n) is 18.0. The summed E-state index contributed by atoms with van der Waals surface area (Å²) in [6, 6.07) is 11.4. The summed E-state index contributed by atoms with van der Waals surface area (Å²) in [5.74, 6) is -1.17. The molecule has 162 valence electrons. The van der Waals surface area contributed by atoms with Crippen molar-refractivity contribution in [3.05, 3.63) is 69.3 Å². The highest BCUT2D eigenvalue weighted by atomic mass is 16.2. The monoisotopic (exact) mass is 422 g/mol. The Morgan fingerprint density at radius 2 is 1.84 bits per heavy atom. The number of aryl methyl sites for hydroxylation is 3. The van der Waals surface area contributed by atoms with Crippen LogP contribution in [0.2, 0.25) is 0 Å². The minimum Gasteiger partial charge on any atom is -0.345 e. The Morgan fingerprint density at radius 1 is 1.13 bits per heavy atom. The number of carbonyl (C=O) groups is 2. The van der Waals surface area contributed by atoms with Crippen LogP contribution in [0.4, 0.5) is 5.82 Å². The predicted octanol–water partition coefficient (Wildman–Crippen LogP) is 1.96. The smallest absolute Gasteiger partial charge is 0.314 e. The van der Waals surface area contributed by atoms with Crippen LogP contribution in [0.15, 0.2) is 41.2 Å². The molecule has 0 spiro atoms. The van der Waals surface area contributed by atoms with E-state index in [-0.39, 0.29) is 23.4 Å². The van der Waals surface area contributed by atoms with Gasteiger partial charge in [-0.1, -0.05) is 30.3 Å². The van der Waals surface area contributed by atoms with Crippen molar-refractivity contribution in [2.45, 2.75) is 46.6 Å². The van der Waals surface area contributed by atoms with Crippen molar-refractivity contribution in [1.29, 1.82) is 0 Å². The molecule has 9 heteroatoms. The van der Waals surface area contributed by atoms with Gasteiger partial charge >= 0.3 is 11.8 Å². The summed E-state index contributed by atoms with van der Waals surface area (Å²) in [7, 11) is 0. The Kier molecular flexibility index (Phi) is 6.64. The number of rotatable bonds is 6. The van der Waals surface area contributed by atoms with Crippen molar-refractivity contribution in [2.75, 3.05) is 5.32 Å². The standard InChI is InChI=1S/C22H26N6O3/c1-13(10-11-17-8-6-5-7-9-17)23-20(30)21(31)25-18-12-14(2)27-28(18)22-24-16(4)15(3)19(29)26-22/h5-9,12-13H,10-11H2,1-4H3,(H,23,30)(H,25,31)(H,24,26,29). The zero-order chi connectivity index (χ0) is 22.5. The van der Waals surface area contributed by atoms with E-state index in [1.807, 2.05) is 37.3 Å². The summed E-state index contributed by atoms with van der Waals surface area (Å²) in [4.78, 5) is 43.8. The number of H-pyrrole nitrogens is 1. The first kappa shape index (κ1) is 21.9. The molecule has 0 fully saturated rings. The number of anilines is 1. The Bertz CT molecular complexity index is 1150. The highest BCUT2D eigenvalue weighted by Gasteiger charge is 2.20. The van der Waals surface area contributed by atoms with Crippen LogP contribution in [0.25, 0.3) is 5.95 Å². The summed E-state index contributed by atoms with van der Waals surface area (Å²) in [6.07, 6.45) is 1.50. The number of amides is 2. The SMILES string of the molecule is Cc1cc(NC(=O)C(=O)NC(C)CCc2ccccc2)n(-c2nc(C)c(C)c(=O)[nH]2)n1. The third-order valence-electron chi connectivity index (χ3n) is 4.95. The molecule has 1 unspecified atom stereocenters. The molecule has 1 aromatic carbocycles. The average molecular weight is 422 g/mol. The highest BCUT2D eigenvalue weighted by Crippen LogP contribution is 2.14. The number of aromatic amines is 1. The van der Waals surface area contributed by atoms with E-state index in [4.69, 9.17) is 0 Å². The number of hydrogen-bond donors (Lipinski definition) is 3. The maximum Gasteiger partial charge on any atom is 0.314 e. The molecule has 0 aliphatic heterocycles. The molecule has 0 saturated carbocycles. The van der Waals surface area contributed by atoms with E-state index in [2.05, 4.69) is 25.7 Å². The van der Waals surface area contributed by atoms with Crippen LogP contribution in [-0.4, -0.2) is 37.6 Å². The molecule has 3 N–H and O–H groups in total. The van der Waals surface area contributed by atoms with Gasteiger partial charge in [-0.2, -0.15) is 9.78 Å². The topological polar surface area (TPSA) is 122 Å². The van der Waals surface area contributed by atoms with Crippen molar-refractivity contribution in [3.8, 4) is 5.95 Å². The van der Waals surface area contributed by atoms with Crippen molar-refractivity contribution in [3.63, 3.8) is 0 Å². The van der Waals surface area contributed by atoms with Crippen LogP contribution in [0, 0.1) is 20.8 Å². The van der Waals surface area contributed by atoms with Crippen LogP contribution in [0.5, 0.6) is 0 Å². The number of aromatic nitrogens is 4. The molecule has 2 heterocycles. The van der Waals surface area contributed by atoms with E-state index in [1.54, 1.807) is 26.8 Å². The Hall–Kier alpha value is -3.75. The van der Waals surface area contributed by atoms with Crippen molar-refractivity contribution in [2.24, 2.45) is 0 Å². The van der Waals surface area contributed by atoms with E-state index in [0.29, 0.717) is 23.4 Å². The first-order valence-electron chi connectivity index (χ1n) is 10.0. The first-order valence-corrected chi connectivity index (χ1v) is 10.0. The molecule has 0 aliphatic carbocycles. The molecule has 9 nitrogen and oxygen atoms in total. The molecule has 0 bridgehead atoms. The van der Waals surface area contributed by atoms with Gasteiger partial charge in [0.05, 0.1) is 5.69 Å². The second-order valence-corrected chi connectivity index (χ2v) is 7.54. The van der Waals surface area contributed by atoms with Crippen LogP contribution in [0.3, 0.4) is 0 Å². The second kappa shape index (κ2) is 9.38. The lowest BCUT2D eigenvalue weighted by molar-refractivity contribution is -0.136. The third kappa shape index (κ3) is 5.44. The summed E-state index contributed by atoms with van der Waals surface area (Å²) in [6.45, 7) is 6.97. The van der Waals surface area contributed by atoms with Crippen molar-refractivity contribution >= 4 is 17.6 Å². The van der Waals surface area contributed by atoms with Crippen LogP contribution in [-0.2, 0) is 16.0 Å². The molecule has 3 rings (SSSR count). The van der Waals surface area contributed by atoms with E-state index < -0.39 is 11.8 Å². The van der Waals surface area contributed by atoms with Gasteiger partial charge in [0.1, 0.15) is 5.82 Å². The number of carbonyl (C=O) groups excluding carboxylic acids is 2. The van der Waals surface area contributed by atoms with E-state index in [0.717, 1.165) is 6.42 Å². The summed E-state index contributed by atoms with van der Waals surface area (Å²) >= 11 is 0. The zero-order valence-corrected chi connectivity index (χ0v) is 18.0. The predicted molar refractivity (Wildman–Crippen MR) is 117 cm³/mol. The quantitative estimate of drug-likeness (QED) is 0.524. The maximum atomic E-state index is 12.4. The van der Waals surface area contributed by atoms with Gasteiger partial charge in [-0.3, -0.25) is 19.4 Å². The fourth-order valence-corrected chi connectivity index (χ4v) is 3.04. The van der Waals surface area contributed by atoms with Crippen molar-refractivity contribution in [1.82, 2.24) is 25.1 Å². The van der Waals surface area contributed by atoms with Gasteiger partial charge < -0.3 is 10.6 Å². The molecule has 3 aromatic rings. The van der Waals surface area contributed by atoms with Gasteiger partial charge in [-0.05, 0) is 46.1 Å². The molecule has 0 radical (unpaired) electrons. The lowest BCUT2D eigenvalue weighted by Crippen LogP contribution is -2.41. The normalized spacial score (nSPS) is 11.7.